The third kappa shape index (κ3) is 2.92. The predicted octanol–water partition coefficient (Wildman–Crippen LogP) is 2.58. The van der Waals surface area contributed by atoms with Crippen LogP contribution in [0.3, 0.4) is 0 Å². The highest BCUT2D eigenvalue weighted by Crippen LogP contribution is 2.15. The van der Waals surface area contributed by atoms with Crippen LogP contribution in [0.25, 0.3) is 5.65 Å². The average molecular weight is 310 g/mol. The van der Waals surface area contributed by atoms with E-state index in [0.29, 0.717) is 6.54 Å². The van der Waals surface area contributed by atoms with Gasteiger partial charge in [-0.3, -0.25) is 9.69 Å². The third-order valence-electron chi connectivity index (χ3n) is 4.29. The molecule has 5 nitrogen and oxygen atoms in total. The third-order valence-corrected chi connectivity index (χ3v) is 4.29. The predicted molar refractivity (Wildman–Crippen MR) is 91.6 cm³/mol. The van der Waals surface area contributed by atoms with Gasteiger partial charge in [0.05, 0.1) is 11.4 Å². The number of pyridine rings is 2. The fraction of sp³-hybridized carbons (Fsp3) is 0.333. The summed E-state index contributed by atoms with van der Waals surface area (Å²) in [6, 6.07) is 6.02. The molecule has 0 saturated carbocycles. The van der Waals surface area contributed by atoms with Gasteiger partial charge in [-0.25, -0.2) is 4.98 Å². The van der Waals surface area contributed by atoms with Gasteiger partial charge in [0.15, 0.2) is 5.43 Å². The van der Waals surface area contributed by atoms with E-state index >= 15 is 0 Å². The van der Waals surface area contributed by atoms with Gasteiger partial charge in [0.2, 0.25) is 0 Å². The molecule has 3 aromatic rings. The Morgan fingerprint density at radius 1 is 1.22 bits per heavy atom. The summed E-state index contributed by atoms with van der Waals surface area (Å²) >= 11 is 0. The zero-order valence-electron chi connectivity index (χ0n) is 14.1. The normalized spacial score (nSPS) is 11.5. The summed E-state index contributed by atoms with van der Waals surface area (Å²) in [5, 5.41) is 0. The van der Waals surface area contributed by atoms with Crippen LogP contribution >= 0.6 is 0 Å². The summed E-state index contributed by atoms with van der Waals surface area (Å²) in [6.45, 7) is 7.22. The van der Waals surface area contributed by atoms with Crippen LogP contribution in [0.1, 0.15) is 28.2 Å². The van der Waals surface area contributed by atoms with Crippen molar-refractivity contribution in [2.24, 2.45) is 0 Å². The van der Waals surface area contributed by atoms with Crippen molar-refractivity contribution < 1.29 is 0 Å². The molecule has 3 aromatic heterocycles. The summed E-state index contributed by atoms with van der Waals surface area (Å²) in [4.78, 5) is 22.1. The number of nitrogens with zero attached hydrogens (tertiary/aromatic N) is 3. The molecule has 0 amide bonds. The van der Waals surface area contributed by atoms with Crippen LogP contribution in [0.15, 0.2) is 35.4 Å². The van der Waals surface area contributed by atoms with Crippen LogP contribution in [0.2, 0.25) is 0 Å². The lowest BCUT2D eigenvalue weighted by Gasteiger charge is -2.18. The number of imidazole rings is 1. The van der Waals surface area contributed by atoms with E-state index in [0.717, 1.165) is 34.7 Å². The van der Waals surface area contributed by atoms with Crippen molar-refractivity contribution in [1.29, 1.82) is 0 Å². The number of aromatic amines is 1. The van der Waals surface area contributed by atoms with E-state index < -0.39 is 0 Å². The second-order valence-corrected chi connectivity index (χ2v) is 6.15. The monoisotopic (exact) mass is 310 g/mol. The molecule has 3 rings (SSSR count). The van der Waals surface area contributed by atoms with E-state index in [9.17, 15) is 4.79 Å². The van der Waals surface area contributed by atoms with Crippen molar-refractivity contribution in [3.63, 3.8) is 0 Å². The number of H-pyrrole nitrogens is 1. The van der Waals surface area contributed by atoms with Crippen LogP contribution in [0.4, 0.5) is 0 Å². The molecular weight excluding hydrogens is 288 g/mol. The minimum atomic E-state index is 0.123. The van der Waals surface area contributed by atoms with Gasteiger partial charge in [-0.15, -0.1) is 0 Å². The van der Waals surface area contributed by atoms with Crippen molar-refractivity contribution in [3.8, 4) is 0 Å². The van der Waals surface area contributed by atoms with Gasteiger partial charge < -0.3 is 9.38 Å². The number of fused-ring (bicyclic) bond motifs is 1. The Morgan fingerprint density at radius 3 is 2.78 bits per heavy atom. The molecule has 0 fully saturated rings. The molecule has 0 radical (unpaired) electrons. The summed E-state index contributed by atoms with van der Waals surface area (Å²) < 4.78 is 2.12. The highest BCUT2D eigenvalue weighted by molar-refractivity contribution is 5.42. The van der Waals surface area contributed by atoms with Crippen molar-refractivity contribution >= 4 is 5.65 Å². The van der Waals surface area contributed by atoms with Crippen LogP contribution < -0.4 is 5.43 Å². The van der Waals surface area contributed by atoms with Crippen molar-refractivity contribution in [2.45, 2.75) is 33.9 Å². The van der Waals surface area contributed by atoms with Gasteiger partial charge in [0, 0.05) is 42.3 Å². The lowest BCUT2D eigenvalue weighted by atomic mass is 10.1. The molecule has 5 heteroatoms. The Morgan fingerprint density at radius 2 is 2.00 bits per heavy atom. The first kappa shape index (κ1) is 15.5. The standard InChI is InChI=1S/C18H22N4O/c1-12-9-19-15(13(2)18(12)23)10-21(4)11-16-14(3)20-17-7-5-6-8-22(16)17/h5-9H,10-11H2,1-4H3,(H,19,23). The first-order valence-corrected chi connectivity index (χ1v) is 7.76. The van der Waals surface area contributed by atoms with Gasteiger partial charge in [-0.05, 0) is 40.0 Å². The summed E-state index contributed by atoms with van der Waals surface area (Å²) in [7, 11) is 2.05. The summed E-state index contributed by atoms with van der Waals surface area (Å²) in [5.41, 5.74) is 5.83. The van der Waals surface area contributed by atoms with Crippen LogP contribution in [-0.4, -0.2) is 26.3 Å². The molecule has 0 saturated heterocycles. The molecule has 0 aromatic carbocycles. The highest BCUT2D eigenvalue weighted by atomic mass is 16.1. The highest BCUT2D eigenvalue weighted by Gasteiger charge is 2.13. The van der Waals surface area contributed by atoms with Gasteiger partial charge in [-0.2, -0.15) is 0 Å². The molecule has 0 aliphatic rings. The maximum Gasteiger partial charge on any atom is 0.187 e. The Kier molecular flexibility index (Phi) is 4.05. The number of rotatable bonds is 4. The molecule has 3 heterocycles. The minimum absolute atomic E-state index is 0.123. The number of nitrogens with one attached hydrogen (secondary N) is 1. The molecule has 23 heavy (non-hydrogen) atoms. The Bertz CT molecular complexity index is 907. The van der Waals surface area contributed by atoms with E-state index in [1.54, 1.807) is 6.20 Å². The Hall–Kier alpha value is -2.40. The van der Waals surface area contributed by atoms with Crippen molar-refractivity contribution in [1.82, 2.24) is 19.3 Å². The zero-order chi connectivity index (χ0) is 16.6. The minimum Gasteiger partial charge on any atom is -0.363 e. The van der Waals surface area contributed by atoms with Crippen LogP contribution in [0, 0.1) is 20.8 Å². The lowest BCUT2D eigenvalue weighted by molar-refractivity contribution is 0.308. The average Bonchev–Trinajstić information content (AvgIpc) is 2.84. The van der Waals surface area contributed by atoms with Crippen LogP contribution in [0.5, 0.6) is 0 Å². The first-order chi connectivity index (χ1) is 11.0. The largest absolute Gasteiger partial charge is 0.363 e. The molecular formula is C18H22N4O. The lowest BCUT2D eigenvalue weighted by Crippen LogP contribution is -2.23. The van der Waals surface area contributed by atoms with E-state index in [4.69, 9.17) is 0 Å². The second-order valence-electron chi connectivity index (χ2n) is 6.15. The number of aromatic nitrogens is 3. The number of hydrogen-bond donors (Lipinski definition) is 1. The molecule has 0 spiro atoms. The van der Waals surface area contributed by atoms with Crippen molar-refractivity contribution in [3.05, 3.63) is 69.0 Å². The van der Waals surface area contributed by atoms with E-state index in [1.165, 1.54) is 5.69 Å². The summed E-state index contributed by atoms with van der Waals surface area (Å²) in [6.07, 6.45) is 3.83. The second kappa shape index (κ2) is 6.01. The maximum absolute atomic E-state index is 12.1. The smallest absolute Gasteiger partial charge is 0.187 e. The number of hydrogen-bond acceptors (Lipinski definition) is 3. The topological polar surface area (TPSA) is 53.4 Å². The molecule has 1 N–H and O–H groups in total. The van der Waals surface area contributed by atoms with E-state index in [1.807, 2.05) is 45.2 Å². The zero-order valence-corrected chi connectivity index (χ0v) is 14.1. The van der Waals surface area contributed by atoms with Crippen molar-refractivity contribution in [2.75, 3.05) is 7.05 Å². The Balaban J connectivity index is 1.84. The maximum atomic E-state index is 12.1. The Labute approximate surface area is 135 Å². The summed E-state index contributed by atoms with van der Waals surface area (Å²) in [5.74, 6) is 0. The molecule has 120 valence electrons. The van der Waals surface area contributed by atoms with Gasteiger partial charge in [0.25, 0.3) is 0 Å². The van der Waals surface area contributed by atoms with Gasteiger partial charge in [0.1, 0.15) is 5.65 Å². The first-order valence-electron chi connectivity index (χ1n) is 7.76. The quantitative estimate of drug-likeness (QED) is 0.806. The van der Waals surface area contributed by atoms with E-state index in [-0.39, 0.29) is 5.43 Å². The van der Waals surface area contributed by atoms with Gasteiger partial charge in [-0.1, -0.05) is 6.07 Å². The van der Waals surface area contributed by atoms with Gasteiger partial charge >= 0.3 is 0 Å². The molecule has 0 unspecified atom stereocenters. The number of aryl methyl sites for hydroxylation is 2. The molecule has 0 aliphatic carbocycles. The fourth-order valence-corrected chi connectivity index (χ4v) is 2.90. The molecule has 0 atom stereocenters. The fourth-order valence-electron chi connectivity index (χ4n) is 2.90. The SMILES string of the molecule is Cc1nc2ccccn2c1CN(C)Cc1[nH]cc(C)c(=O)c1C. The van der Waals surface area contributed by atoms with Crippen LogP contribution in [-0.2, 0) is 13.1 Å². The molecule has 0 bridgehead atoms. The van der Waals surface area contributed by atoms with E-state index in [2.05, 4.69) is 26.3 Å². The molecule has 0 aliphatic heterocycles.